The van der Waals surface area contributed by atoms with Gasteiger partial charge in [0.2, 0.25) is 0 Å². The molecule has 0 saturated carbocycles. The highest BCUT2D eigenvalue weighted by Gasteiger charge is 2.13. The van der Waals surface area contributed by atoms with Crippen molar-refractivity contribution in [1.29, 1.82) is 0 Å². The zero-order chi connectivity index (χ0) is 14.7. The molecular formula is C12H20N6O2. The Bertz CT molecular complexity index is 585. The summed E-state index contributed by atoms with van der Waals surface area (Å²) < 4.78 is 6.56. The van der Waals surface area contributed by atoms with E-state index < -0.39 is 6.10 Å². The van der Waals surface area contributed by atoms with E-state index >= 15 is 0 Å². The third-order valence-electron chi connectivity index (χ3n) is 2.96. The summed E-state index contributed by atoms with van der Waals surface area (Å²) in [5.74, 6) is 1.02. The van der Waals surface area contributed by atoms with Gasteiger partial charge in [-0.15, -0.1) is 0 Å². The minimum Gasteiger partial charge on any atom is -0.389 e. The number of hydrogen-bond acceptors (Lipinski definition) is 7. The number of rotatable bonds is 6. The van der Waals surface area contributed by atoms with Crippen LogP contribution in [0.4, 0.5) is 5.82 Å². The van der Waals surface area contributed by atoms with Crippen LogP contribution in [0.3, 0.4) is 0 Å². The van der Waals surface area contributed by atoms with Crippen LogP contribution in [0.1, 0.15) is 5.82 Å². The van der Waals surface area contributed by atoms with Gasteiger partial charge in [0, 0.05) is 20.7 Å². The van der Waals surface area contributed by atoms with Crippen LogP contribution in [0.25, 0.3) is 11.0 Å². The van der Waals surface area contributed by atoms with Crippen molar-refractivity contribution in [3.8, 4) is 0 Å². The monoisotopic (exact) mass is 280 g/mol. The lowest BCUT2D eigenvalue weighted by Gasteiger charge is -2.19. The Kier molecular flexibility index (Phi) is 4.48. The van der Waals surface area contributed by atoms with Crippen molar-refractivity contribution < 1.29 is 9.84 Å². The van der Waals surface area contributed by atoms with E-state index in [9.17, 15) is 5.11 Å². The molecule has 0 aliphatic rings. The molecule has 2 aromatic heterocycles. The number of anilines is 1. The Morgan fingerprint density at radius 1 is 1.50 bits per heavy atom. The Morgan fingerprint density at radius 2 is 2.25 bits per heavy atom. The van der Waals surface area contributed by atoms with Crippen molar-refractivity contribution in [2.45, 2.75) is 12.6 Å². The smallest absolute Gasteiger partial charge is 0.163 e. The van der Waals surface area contributed by atoms with Gasteiger partial charge in [-0.2, -0.15) is 5.10 Å². The Balaban J connectivity index is 2.11. The van der Waals surface area contributed by atoms with Gasteiger partial charge in [-0.05, 0) is 7.05 Å². The first kappa shape index (κ1) is 14.6. The van der Waals surface area contributed by atoms with E-state index in [1.165, 1.54) is 0 Å². The maximum atomic E-state index is 9.69. The summed E-state index contributed by atoms with van der Waals surface area (Å²) >= 11 is 0. The fourth-order valence-corrected chi connectivity index (χ4v) is 2.07. The number of aliphatic hydroxyl groups is 1. The van der Waals surface area contributed by atoms with Gasteiger partial charge in [0.1, 0.15) is 11.6 Å². The molecule has 0 spiro atoms. The average molecular weight is 280 g/mol. The van der Waals surface area contributed by atoms with Gasteiger partial charge < -0.3 is 15.6 Å². The number of aryl methyl sites for hydroxylation is 1. The number of aromatic nitrogens is 4. The molecule has 0 aliphatic carbocycles. The summed E-state index contributed by atoms with van der Waals surface area (Å²) in [6.45, 7) is 1.26. The van der Waals surface area contributed by atoms with Crippen LogP contribution in [-0.2, 0) is 18.3 Å². The van der Waals surface area contributed by atoms with Crippen LogP contribution < -0.4 is 5.73 Å². The normalized spacial score (nSPS) is 13.2. The van der Waals surface area contributed by atoms with Gasteiger partial charge in [-0.3, -0.25) is 9.58 Å². The SMILES string of the molecule is COCC(O)CN(C)Cc1nc(N)c2cnn(C)c2n1. The van der Waals surface area contributed by atoms with Crippen molar-refractivity contribution in [1.82, 2.24) is 24.6 Å². The quantitative estimate of drug-likeness (QED) is 0.727. The van der Waals surface area contributed by atoms with E-state index in [2.05, 4.69) is 15.1 Å². The van der Waals surface area contributed by atoms with Gasteiger partial charge in [0.05, 0.1) is 30.8 Å². The number of fused-ring (bicyclic) bond motifs is 1. The highest BCUT2D eigenvalue weighted by molar-refractivity contribution is 5.84. The molecule has 20 heavy (non-hydrogen) atoms. The number of aliphatic hydroxyl groups excluding tert-OH is 1. The third-order valence-corrected chi connectivity index (χ3v) is 2.96. The molecule has 110 valence electrons. The highest BCUT2D eigenvalue weighted by atomic mass is 16.5. The molecule has 0 bridgehead atoms. The molecule has 0 fully saturated rings. The predicted octanol–water partition coefficient (Wildman–Crippen LogP) is -0.615. The summed E-state index contributed by atoms with van der Waals surface area (Å²) in [6, 6.07) is 0. The molecule has 2 rings (SSSR count). The van der Waals surface area contributed by atoms with Gasteiger partial charge in [-0.25, -0.2) is 9.97 Å². The molecule has 1 unspecified atom stereocenters. The summed E-state index contributed by atoms with van der Waals surface area (Å²) in [6.07, 6.45) is 1.11. The largest absolute Gasteiger partial charge is 0.389 e. The second-order valence-electron chi connectivity index (χ2n) is 4.84. The molecule has 3 N–H and O–H groups in total. The van der Waals surface area contributed by atoms with Crippen LogP contribution in [-0.4, -0.2) is 63.2 Å². The highest BCUT2D eigenvalue weighted by Crippen LogP contribution is 2.16. The fourth-order valence-electron chi connectivity index (χ4n) is 2.07. The van der Waals surface area contributed by atoms with E-state index in [0.717, 1.165) is 5.39 Å². The van der Waals surface area contributed by atoms with E-state index in [1.807, 2.05) is 19.0 Å². The molecule has 0 saturated heterocycles. The van der Waals surface area contributed by atoms with Crippen LogP contribution >= 0.6 is 0 Å². The van der Waals surface area contributed by atoms with Crippen molar-refractivity contribution in [3.05, 3.63) is 12.0 Å². The number of nitrogens with zero attached hydrogens (tertiary/aromatic N) is 5. The van der Waals surface area contributed by atoms with Crippen LogP contribution in [0, 0.1) is 0 Å². The van der Waals surface area contributed by atoms with Gasteiger partial charge in [0.25, 0.3) is 0 Å². The predicted molar refractivity (Wildman–Crippen MR) is 74.9 cm³/mol. The van der Waals surface area contributed by atoms with E-state index in [1.54, 1.807) is 18.0 Å². The first-order valence-corrected chi connectivity index (χ1v) is 6.31. The molecule has 0 amide bonds. The van der Waals surface area contributed by atoms with E-state index in [-0.39, 0.29) is 0 Å². The topological polar surface area (TPSA) is 102 Å². The van der Waals surface area contributed by atoms with Crippen LogP contribution in [0.15, 0.2) is 6.20 Å². The lowest BCUT2D eigenvalue weighted by molar-refractivity contribution is 0.0414. The molecule has 0 aromatic carbocycles. The summed E-state index contributed by atoms with van der Waals surface area (Å²) in [5, 5.41) is 14.6. The van der Waals surface area contributed by atoms with Crippen molar-refractivity contribution in [2.75, 3.05) is 33.0 Å². The second kappa shape index (κ2) is 6.12. The zero-order valence-corrected chi connectivity index (χ0v) is 11.9. The molecule has 0 aliphatic heterocycles. The summed E-state index contributed by atoms with van der Waals surface area (Å²) in [5.41, 5.74) is 6.61. The molecule has 2 heterocycles. The van der Waals surface area contributed by atoms with Gasteiger partial charge in [-0.1, -0.05) is 0 Å². The van der Waals surface area contributed by atoms with E-state index in [4.69, 9.17) is 10.5 Å². The van der Waals surface area contributed by atoms with Crippen LogP contribution in [0.2, 0.25) is 0 Å². The number of hydrogen-bond donors (Lipinski definition) is 2. The fraction of sp³-hybridized carbons (Fsp3) is 0.583. The van der Waals surface area contributed by atoms with E-state index in [0.29, 0.717) is 37.0 Å². The molecule has 1 atom stereocenters. The Labute approximate surface area is 117 Å². The van der Waals surface area contributed by atoms with Gasteiger partial charge >= 0.3 is 0 Å². The number of nitrogens with two attached hydrogens (primary N) is 1. The zero-order valence-electron chi connectivity index (χ0n) is 11.9. The van der Waals surface area contributed by atoms with Crippen molar-refractivity contribution in [3.63, 3.8) is 0 Å². The standard InChI is InChI=1S/C12H20N6O2/c1-17(5-8(19)7-20-3)6-10-15-11(13)9-4-14-18(2)12(9)16-10/h4,8,19H,5-7H2,1-3H3,(H2,13,15,16). The maximum absolute atomic E-state index is 9.69. The molecule has 8 heteroatoms. The first-order valence-electron chi connectivity index (χ1n) is 6.31. The van der Waals surface area contributed by atoms with Crippen LogP contribution in [0.5, 0.6) is 0 Å². The number of ether oxygens (including phenoxy) is 1. The lowest BCUT2D eigenvalue weighted by Crippen LogP contribution is -2.32. The summed E-state index contributed by atoms with van der Waals surface area (Å²) in [7, 11) is 5.25. The second-order valence-corrected chi connectivity index (χ2v) is 4.84. The maximum Gasteiger partial charge on any atom is 0.163 e. The Morgan fingerprint density at radius 3 is 2.95 bits per heavy atom. The van der Waals surface area contributed by atoms with Crippen molar-refractivity contribution in [2.24, 2.45) is 7.05 Å². The molecule has 0 radical (unpaired) electrons. The first-order chi connectivity index (χ1) is 9.51. The minimum atomic E-state index is -0.539. The van der Waals surface area contributed by atoms with Gasteiger partial charge in [0.15, 0.2) is 5.65 Å². The van der Waals surface area contributed by atoms with Crippen molar-refractivity contribution >= 4 is 16.9 Å². The number of likely N-dealkylation sites (N-methyl/N-ethyl adjacent to an activating group) is 1. The number of nitrogen functional groups attached to an aromatic ring is 1. The minimum absolute atomic E-state index is 0.300. The third kappa shape index (κ3) is 3.21. The molecule has 2 aromatic rings. The lowest BCUT2D eigenvalue weighted by atomic mass is 10.3. The Hall–Kier alpha value is -1.77. The molecule has 8 nitrogen and oxygen atoms in total. The summed E-state index contributed by atoms with van der Waals surface area (Å²) in [4.78, 5) is 10.6. The average Bonchev–Trinajstić information content (AvgIpc) is 2.71. The number of methoxy groups -OCH3 is 1. The molecular weight excluding hydrogens is 260 g/mol.